The third-order valence-electron chi connectivity index (χ3n) is 1.22. The van der Waals surface area contributed by atoms with Crippen molar-refractivity contribution in [1.82, 2.24) is 0 Å². The van der Waals surface area contributed by atoms with E-state index in [2.05, 4.69) is 0 Å². The summed E-state index contributed by atoms with van der Waals surface area (Å²) in [5.41, 5.74) is 0.0148. The first kappa shape index (κ1) is 10.9. The molecule has 0 aromatic heterocycles. The van der Waals surface area contributed by atoms with Crippen LogP contribution in [0.2, 0.25) is 0 Å². The van der Waals surface area contributed by atoms with Crippen LogP contribution in [0.5, 0.6) is 0 Å². The Labute approximate surface area is 83.6 Å². The van der Waals surface area contributed by atoms with Crippen molar-refractivity contribution < 1.29 is 43.9 Å². The second kappa shape index (κ2) is 4.09. The van der Waals surface area contributed by atoms with Crippen molar-refractivity contribution in [3.8, 4) is 0 Å². The van der Waals surface area contributed by atoms with E-state index in [1.807, 2.05) is 13.8 Å². The first-order chi connectivity index (χ1) is 4.10. The molecule has 0 unspecified atom stereocenters. The predicted molar refractivity (Wildman–Crippen MR) is 31.4 cm³/mol. The Morgan fingerprint density at radius 2 is 1.70 bits per heavy atom. The van der Waals surface area contributed by atoms with Crippen molar-refractivity contribution in [1.29, 1.82) is 0 Å². The van der Waals surface area contributed by atoms with Crippen LogP contribution >= 0.6 is 0 Å². The molecule has 0 spiro atoms. The summed E-state index contributed by atoms with van der Waals surface area (Å²) in [6.45, 7) is 5.00. The Morgan fingerprint density at radius 1 is 1.30 bits per heavy atom. The largest absolute Gasteiger partial charge is 1.00 e. The Balaban J connectivity index is 0.000000810. The van der Waals surface area contributed by atoms with Gasteiger partial charge in [-0.3, -0.25) is 0 Å². The van der Waals surface area contributed by atoms with E-state index in [-0.39, 0.29) is 35.0 Å². The van der Waals surface area contributed by atoms with Crippen molar-refractivity contribution in [3.63, 3.8) is 0 Å². The first-order valence-corrected chi connectivity index (χ1v) is 2.99. The standard InChI is InChI=1S/C5H10BO3.Na/c1-5(2)3-8-6(7)9-4-5;/h3-4H2,1-2H3;/q-1;+1. The summed E-state index contributed by atoms with van der Waals surface area (Å²) in [6.07, 6.45) is 0. The van der Waals surface area contributed by atoms with E-state index in [0.717, 1.165) is 0 Å². The van der Waals surface area contributed by atoms with Crippen LogP contribution in [0.1, 0.15) is 13.8 Å². The summed E-state index contributed by atoms with van der Waals surface area (Å²) >= 11 is 0. The van der Waals surface area contributed by atoms with E-state index >= 15 is 0 Å². The first-order valence-electron chi connectivity index (χ1n) is 2.99. The molecular formula is C5H10BNaO3. The summed E-state index contributed by atoms with van der Waals surface area (Å²) in [7, 11) is -1.25. The van der Waals surface area contributed by atoms with E-state index in [0.29, 0.717) is 13.2 Å². The fourth-order valence-electron chi connectivity index (χ4n) is 0.677. The van der Waals surface area contributed by atoms with Gasteiger partial charge < -0.3 is 14.3 Å². The predicted octanol–water partition coefficient (Wildman–Crippen LogP) is -3.59. The van der Waals surface area contributed by atoms with Gasteiger partial charge in [0, 0.05) is 18.6 Å². The SMILES string of the molecule is CC1(C)COB([O-])OC1.[Na+]. The van der Waals surface area contributed by atoms with Gasteiger partial charge in [0.15, 0.2) is 0 Å². The fourth-order valence-corrected chi connectivity index (χ4v) is 0.677. The molecule has 3 nitrogen and oxygen atoms in total. The van der Waals surface area contributed by atoms with Crippen LogP contribution in [0.3, 0.4) is 0 Å². The maximum Gasteiger partial charge on any atom is 1.00 e. The molecule has 1 aliphatic heterocycles. The quantitative estimate of drug-likeness (QED) is 0.337. The molecule has 1 fully saturated rings. The summed E-state index contributed by atoms with van der Waals surface area (Å²) in [5, 5.41) is 10.4. The van der Waals surface area contributed by atoms with Gasteiger partial charge >= 0.3 is 36.9 Å². The van der Waals surface area contributed by atoms with Crippen molar-refractivity contribution in [3.05, 3.63) is 0 Å². The zero-order valence-corrected chi connectivity index (χ0v) is 8.72. The normalized spacial score (nSPS) is 23.7. The van der Waals surface area contributed by atoms with E-state index < -0.39 is 7.32 Å². The van der Waals surface area contributed by atoms with E-state index in [9.17, 15) is 5.02 Å². The Kier molecular flexibility index (Phi) is 4.48. The average molecular weight is 152 g/mol. The molecule has 0 atom stereocenters. The maximum atomic E-state index is 10.4. The van der Waals surface area contributed by atoms with Gasteiger partial charge in [-0.1, -0.05) is 13.8 Å². The van der Waals surface area contributed by atoms with Gasteiger partial charge in [-0.15, -0.1) is 0 Å². The minimum Gasteiger partial charge on any atom is -0.832 e. The summed E-state index contributed by atoms with van der Waals surface area (Å²) in [6, 6.07) is 0. The number of hydrogen-bond acceptors (Lipinski definition) is 3. The molecule has 0 radical (unpaired) electrons. The molecule has 1 saturated heterocycles. The number of rotatable bonds is 0. The second-order valence-corrected chi connectivity index (χ2v) is 3.07. The minimum absolute atomic E-state index is 0. The maximum absolute atomic E-state index is 10.4. The molecule has 1 aliphatic rings. The van der Waals surface area contributed by atoms with Crippen molar-refractivity contribution in [2.75, 3.05) is 13.2 Å². The van der Waals surface area contributed by atoms with Crippen molar-refractivity contribution in [2.24, 2.45) is 5.41 Å². The van der Waals surface area contributed by atoms with Crippen LogP contribution in [0, 0.1) is 5.41 Å². The molecule has 0 aliphatic carbocycles. The Morgan fingerprint density at radius 3 is 2.00 bits per heavy atom. The van der Waals surface area contributed by atoms with Crippen molar-refractivity contribution >= 4 is 7.32 Å². The molecule has 0 bridgehead atoms. The minimum atomic E-state index is -1.25. The van der Waals surface area contributed by atoms with Crippen LogP contribution < -0.4 is 34.6 Å². The molecule has 10 heavy (non-hydrogen) atoms. The zero-order chi connectivity index (χ0) is 6.91. The van der Waals surface area contributed by atoms with Crippen LogP contribution in [0.4, 0.5) is 0 Å². The fraction of sp³-hybridized carbons (Fsp3) is 1.00. The van der Waals surface area contributed by atoms with Crippen molar-refractivity contribution in [2.45, 2.75) is 13.8 Å². The Hall–Kier alpha value is 0.945. The zero-order valence-electron chi connectivity index (χ0n) is 6.72. The van der Waals surface area contributed by atoms with Crippen LogP contribution in [0.25, 0.3) is 0 Å². The second-order valence-electron chi connectivity index (χ2n) is 3.07. The smallest absolute Gasteiger partial charge is 0.832 e. The molecule has 0 aromatic rings. The van der Waals surface area contributed by atoms with Gasteiger partial charge in [0.25, 0.3) is 0 Å². The number of hydrogen-bond donors (Lipinski definition) is 0. The van der Waals surface area contributed by atoms with Gasteiger partial charge in [0.05, 0.1) is 0 Å². The van der Waals surface area contributed by atoms with E-state index in [1.165, 1.54) is 0 Å². The molecule has 0 N–H and O–H groups in total. The third-order valence-corrected chi connectivity index (χ3v) is 1.22. The summed E-state index contributed by atoms with van der Waals surface area (Å²) in [4.78, 5) is 0. The third kappa shape index (κ3) is 3.37. The average Bonchev–Trinajstić information content (AvgIpc) is 1.78. The molecule has 0 aromatic carbocycles. The van der Waals surface area contributed by atoms with E-state index in [4.69, 9.17) is 9.31 Å². The summed E-state index contributed by atoms with van der Waals surface area (Å²) < 4.78 is 9.43. The monoisotopic (exact) mass is 152 g/mol. The van der Waals surface area contributed by atoms with Gasteiger partial charge in [0.1, 0.15) is 0 Å². The van der Waals surface area contributed by atoms with Crippen LogP contribution in [0.15, 0.2) is 0 Å². The molecule has 52 valence electrons. The molecule has 0 amide bonds. The molecule has 0 saturated carbocycles. The molecule has 1 rings (SSSR count). The van der Waals surface area contributed by atoms with Gasteiger partial charge in [-0.25, -0.2) is 0 Å². The van der Waals surface area contributed by atoms with Gasteiger partial charge in [-0.2, -0.15) is 0 Å². The summed E-state index contributed by atoms with van der Waals surface area (Å²) in [5.74, 6) is 0. The Bertz CT molecular complexity index is 99.1. The van der Waals surface area contributed by atoms with Crippen LogP contribution in [-0.2, 0) is 9.31 Å². The van der Waals surface area contributed by atoms with Crippen LogP contribution in [-0.4, -0.2) is 20.5 Å². The molecular weight excluding hydrogens is 142 g/mol. The van der Waals surface area contributed by atoms with Gasteiger partial charge in [0.2, 0.25) is 0 Å². The topological polar surface area (TPSA) is 41.5 Å². The van der Waals surface area contributed by atoms with E-state index in [1.54, 1.807) is 0 Å². The molecule has 1 heterocycles. The van der Waals surface area contributed by atoms with Gasteiger partial charge in [-0.05, 0) is 0 Å². The molecule has 5 heteroatoms.